The molecular formula is C134H89F3N8. The second kappa shape index (κ2) is 34.1. The highest BCUT2D eigenvalue weighted by Gasteiger charge is 2.36. The molecule has 1 aliphatic rings. The summed E-state index contributed by atoms with van der Waals surface area (Å²) in [4.78, 5) is 0. The van der Waals surface area contributed by atoms with Crippen molar-refractivity contribution in [1.29, 1.82) is 21.0 Å². The lowest BCUT2D eigenvalue weighted by molar-refractivity contribution is -0.137. The van der Waals surface area contributed by atoms with E-state index in [0.717, 1.165) is 278 Å². The van der Waals surface area contributed by atoms with E-state index in [0.29, 0.717) is 34.5 Å². The number of aryl methyl sites for hydroxylation is 8. The van der Waals surface area contributed by atoms with E-state index in [2.05, 4.69) is 432 Å². The molecule has 4 aromatic heterocycles. The van der Waals surface area contributed by atoms with Gasteiger partial charge in [-0.1, -0.05) is 288 Å². The molecule has 24 aromatic rings. The zero-order chi connectivity index (χ0) is 98.8. The molecule has 0 saturated carbocycles. The fourth-order valence-corrected chi connectivity index (χ4v) is 22.7. The molecule has 145 heavy (non-hydrogen) atoms. The third-order valence-corrected chi connectivity index (χ3v) is 29.6. The molecule has 0 aliphatic heterocycles. The van der Waals surface area contributed by atoms with Gasteiger partial charge in [0.1, 0.15) is 0 Å². The van der Waals surface area contributed by atoms with Crippen LogP contribution in [0.5, 0.6) is 0 Å². The summed E-state index contributed by atoms with van der Waals surface area (Å²) >= 11 is 0. The van der Waals surface area contributed by atoms with Crippen molar-refractivity contribution in [2.45, 2.75) is 68.0 Å². The molecular weight excluding hydrogens is 1780 g/mol. The molecule has 1 aliphatic carbocycles. The lowest BCUT2D eigenvalue weighted by Gasteiger charge is -2.22. The lowest BCUT2D eigenvalue weighted by Crippen LogP contribution is -2.08. The zero-order valence-corrected chi connectivity index (χ0v) is 80.8. The standard InChI is InChI=1S/C134H89F3N8/c1-77-16-9-23-89(46-77)97-34-42-119-113(63-97)114-64-98(90-24-10-17-78(2)47-90)35-43-120(114)142(119)126-58-87(75-140)59-127(131(126)106-55-85(73-138)56-107(62-106)134(135,136)137)143-121-44-36-99(91-25-11-18-79(3)48-91)65-115(121)116-66-100(37-45-122(116)143)96-30-38-108(84(8)53-96)118-67-104(95-29-15-22-83(7)52-95)72-130-132(118)111-41-33-103(94-28-14-21-82(6)51-94)71-125(111)145(130)129-61-88(76-141)60-128(133(129)117-57-86(74-139)54-105-68-112(105)117)144-123-69-101(92-26-12-19-80(4)49-92)31-39-109(123)110-40-32-102(70-124(110)144)93-27-13-20-81(5)50-93/h9-67,69-72H,68H2,1-8H3. The number of aromatic nitrogens is 4. The van der Waals surface area contributed by atoms with E-state index in [4.69, 9.17) is 0 Å². The van der Waals surface area contributed by atoms with Crippen molar-refractivity contribution in [3.63, 3.8) is 0 Å². The summed E-state index contributed by atoms with van der Waals surface area (Å²) in [5.74, 6) is 0. The van der Waals surface area contributed by atoms with Crippen LogP contribution in [0.15, 0.2) is 382 Å². The van der Waals surface area contributed by atoms with Gasteiger partial charge in [-0.25, -0.2) is 0 Å². The molecule has 0 unspecified atom stereocenters. The quantitative estimate of drug-likeness (QED) is 0.102. The molecule has 0 saturated heterocycles. The number of fused-ring (bicyclic) bond motifs is 13. The average Bonchev–Trinajstić information content (AvgIpc) is 1.55. The van der Waals surface area contributed by atoms with Crippen molar-refractivity contribution in [3.05, 3.63) is 466 Å². The van der Waals surface area contributed by atoms with Gasteiger partial charge in [0, 0.05) is 54.2 Å². The Morgan fingerprint density at radius 3 is 0.897 bits per heavy atom. The first-order chi connectivity index (χ1) is 70.5. The number of benzene rings is 20. The van der Waals surface area contributed by atoms with E-state index in [1.165, 1.54) is 0 Å². The van der Waals surface area contributed by atoms with E-state index >= 15 is 13.2 Å². The first kappa shape index (κ1) is 87.8. The first-order valence-corrected chi connectivity index (χ1v) is 48.9. The topological polar surface area (TPSA) is 115 Å². The molecule has 0 atom stereocenters. The highest BCUT2D eigenvalue weighted by atomic mass is 19.4. The molecule has 20 aromatic carbocycles. The Morgan fingerprint density at radius 2 is 0.524 bits per heavy atom. The van der Waals surface area contributed by atoms with E-state index in [-0.39, 0.29) is 16.7 Å². The SMILES string of the molecule is Cc1cccc(-c2ccc3c(c2)c2cc(-c4cccc(C)c4)ccc2n3-c2cc(C#N)cc(-n3c4ccc(-c5cccc(C)c5)cc4c4cc(-c5ccc(-c6cc(-c7cccc(C)c7)cc7c6c6ccc(-c8cccc(C)c8)cc6n7-c6cc(C#N)cc(-n7c8cc(-c9cccc(C)c9)ccc8c8ccc(-c9cccc(C)c9)cc87)c6-c6cc(C#N)cc7c6C7)c(C)c5)ccc43)c2-c2cc(C#N)cc(C(F)(F)F)c2)c1. The van der Waals surface area contributed by atoms with Gasteiger partial charge in [-0.05, 0) is 323 Å². The monoisotopic (exact) mass is 1870 g/mol. The number of hydrogen-bond donors (Lipinski definition) is 0. The smallest absolute Gasteiger partial charge is 0.308 e. The van der Waals surface area contributed by atoms with Crippen molar-refractivity contribution >= 4 is 87.2 Å². The zero-order valence-electron chi connectivity index (χ0n) is 80.8. The number of nitriles is 4. The van der Waals surface area contributed by atoms with E-state index in [1.54, 1.807) is 18.2 Å². The Balaban J connectivity index is 0.732. The maximum atomic E-state index is 15.9. The maximum absolute atomic E-state index is 15.9. The van der Waals surface area contributed by atoms with Gasteiger partial charge in [-0.3, -0.25) is 0 Å². The van der Waals surface area contributed by atoms with E-state index in [9.17, 15) is 21.0 Å². The lowest BCUT2D eigenvalue weighted by atomic mass is 9.90. The average molecular weight is 1870 g/mol. The van der Waals surface area contributed by atoms with Crippen LogP contribution in [0.4, 0.5) is 13.2 Å². The molecule has 0 amide bonds. The minimum atomic E-state index is -4.87. The second-order valence-corrected chi connectivity index (χ2v) is 39.4. The summed E-state index contributed by atoms with van der Waals surface area (Å²) in [5, 5.41) is 53.5. The molecule has 4 heterocycles. The van der Waals surface area contributed by atoms with Crippen molar-refractivity contribution in [1.82, 2.24) is 18.3 Å². The Kier molecular flexibility index (Phi) is 20.7. The predicted molar refractivity (Wildman–Crippen MR) is 588 cm³/mol. The number of nitrogens with zero attached hydrogens (tertiary/aromatic N) is 8. The Hall–Kier alpha value is -18.7. The third-order valence-electron chi connectivity index (χ3n) is 29.6. The Labute approximate surface area is 837 Å². The van der Waals surface area contributed by atoms with Crippen LogP contribution in [0, 0.1) is 101 Å². The summed E-state index contributed by atoms with van der Waals surface area (Å²) in [6.07, 6.45) is -4.18. The number of hydrogen-bond acceptors (Lipinski definition) is 4. The van der Waals surface area contributed by atoms with Crippen LogP contribution in [-0.4, -0.2) is 18.3 Å². The second-order valence-electron chi connectivity index (χ2n) is 39.4. The minimum Gasteiger partial charge on any atom is -0.308 e. The number of halogens is 3. The first-order valence-electron chi connectivity index (χ1n) is 48.9. The largest absolute Gasteiger partial charge is 0.416 e. The highest BCUT2D eigenvalue weighted by molar-refractivity contribution is 6.21. The summed E-state index contributed by atoms with van der Waals surface area (Å²) < 4.78 is 56.7. The van der Waals surface area contributed by atoms with Crippen molar-refractivity contribution in [2.75, 3.05) is 0 Å². The van der Waals surface area contributed by atoms with Gasteiger partial charge in [-0.2, -0.15) is 34.2 Å². The highest BCUT2D eigenvalue weighted by Crippen LogP contribution is 2.54. The molecule has 0 N–H and O–H groups in total. The normalized spacial score (nSPS) is 11.9. The minimum absolute atomic E-state index is 0.128. The van der Waals surface area contributed by atoms with Gasteiger partial charge >= 0.3 is 6.18 Å². The molecule has 0 fully saturated rings. The summed E-state index contributed by atoms with van der Waals surface area (Å²) in [7, 11) is 0. The molecule has 8 nitrogen and oxygen atoms in total. The van der Waals surface area contributed by atoms with Crippen molar-refractivity contribution in [2.24, 2.45) is 0 Å². The summed E-state index contributed by atoms with van der Waals surface area (Å²) in [6.45, 7) is 16.9. The number of rotatable bonds is 15. The molecule has 686 valence electrons. The molecule has 0 radical (unpaired) electrons. The summed E-state index contributed by atoms with van der Waals surface area (Å²) in [5.41, 5.74) is 40.4. The van der Waals surface area contributed by atoms with E-state index in [1.807, 2.05) is 18.2 Å². The summed E-state index contributed by atoms with van der Waals surface area (Å²) in [6, 6.07) is 142. The maximum Gasteiger partial charge on any atom is 0.416 e. The Bertz CT molecular complexity index is 9760. The molecule has 0 bridgehead atoms. The van der Waals surface area contributed by atoms with Crippen LogP contribution in [0.2, 0.25) is 0 Å². The van der Waals surface area contributed by atoms with Crippen LogP contribution in [0.1, 0.15) is 83.5 Å². The fourth-order valence-electron chi connectivity index (χ4n) is 22.7. The van der Waals surface area contributed by atoms with Gasteiger partial charge in [0.05, 0.1) is 119 Å². The molecule has 0 spiro atoms. The number of alkyl halides is 3. The van der Waals surface area contributed by atoms with Crippen LogP contribution >= 0.6 is 0 Å². The predicted octanol–water partition coefficient (Wildman–Crippen LogP) is 35.3. The molecule has 25 rings (SSSR count). The van der Waals surface area contributed by atoms with Gasteiger partial charge in [0.15, 0.2) is 0 Å². The van der Waals surface area contributed by atoms with Crippen LogP contribution < -0.4 is 0 Å². The van der Waals surface area contributed by atoms with Crippen molar-refractivity contribution < 1.29 is 13.2 Å². The van der Waals surface area contributed by atoms with Crippen LogP contribution in [-0.2, 0) is 12.6 Å². The third kappa shape index (κ3) is 15.1. The Morgan fingerprint density at radius 1 is 0.221 bits per heavy atom. The van der Waals surface area contributed by atoms with E-state index < -0.39 is 11.7 Å². The van der Waals surface area contributed by atoms with Gasteiger partial charge in [0.25, 0.3) is 0 Å². The van der Waals surface area contributed by atoms with Gasteiger partial charge in [-0.15, -0.1) is 0 Å². The van der Waals surface area contributed by atoms with Gasteiger partial charge in [0.2, 0.25) is 0 Å². The molecule has 11 heteroatoms. The van der Waals surface area contributed by atoms with Gasteiger partial charge < -0.3 is 18.3 Å². The van der Waals surface area contributed by atoms with Crippen LogP contribution in [0.3, 0.4) is 0 Å². The van der Waals surface area contributed by atoms with Crippen molar-refractivity contribution in [3.8, 4) is 169 Å². The van der Waals surface area contributed by atoms with Crippen LogP contribution in [0.25, 0.3) is 232 Å². The fraction of sp³-hybridized carbons (Fsp3) is 0.0746.